The SMILES string of the molecule is C[C@]12CCC(CC(=O)NCc3ccc(Cl)cc3)(O1)C1C(=O)N(c3ccc(C#N)c4ccccc34)C(=O)[C@@H]12. The molecule has 3 fully saturated rings. The van der Waals surface area contributed by atoms with E-state index in [4.69, 9.17) is 16.3 Å². The molecule has 3 aromatic carbocycles. The molecule has 3 aromatic rings. The number of benzene rings is 3. The highest BCUT2D eigenvalue weighted by molar-refractivity contribution is 6.30. The first kappa shape index (κ1) is 23.7. The fraction of sp³-hybridized carbons (Fsp3) is 0.310. The van der Waals surface area contributed by atoms with E-state index in [1.807, 2.05) is 43.3 Å². The molecule has 1 N–H and O–H groups in total. The summed E-state index contributed by atoms with van der Waals surface area (Å²) in [6, 6.07) is 19.9. The van der Waals surface area contributed by atoms with Gasteiger partial charge in [0.1, 0.15) is 0 Å². The maximum absolute atomic E-state index is 13.9. The highest BCUT2D eigenvalue weighted by Gasteiger charge is 2.74. The number of hydrogen-bond acceptors (Lipinski definition) is 5. The van der Waals surface area contributed by atoms with Gasteiger partial charge in [0, 0.05) is 22.3 Å². The smallest absolute Gasteiger partial charge is 0.240 e. The predicted molar refractivity (Wildman–Crippen MR) is 138 cm³/mol. The van der Waals surface area contributed by atoms with E-state index in [9.17, 15) is 19.6 Å². The second-order valence-corrected chi connectivity index (χ2v) is 10.8. The minimum Gasteiger partial charge on any atom is -0.367 e. The predicted octanol–water partition coefficient (Wildman–Crippen LogP) is 4.50. The van der Waals surface area contributed by atoms with Crippen molar-refractivity contribution in [1.82, 2.24) is 5.32 Å². The van der Waals surface area contributed by atoms with Crippen molar-refractivity contribution in [2.75, 3.05) is 4.90 Å². The van der Waals surface area contributed by atoms with Gasteiger partial charge in [-0.2, -0.15) is 5.26 Å². The molecule has 0 saturated carbocycles. The molecule has 3 saturated heterocycles. The number of nitrogens with one attached hydrogen (secondary N) is 1. The highest BCUT2D eigenvalue weighted by Crippen LogP contribution is 2.62. The first-order valence-electron chi connectivity index (χ1n) is 12.3. The van der Waals surface area contributed by atoms with Gasteiger partial charge in [0.25, 0.3) is 0 Å². The van der Waals surface area contributed by atoms with E-state index in [1.165, 1.54) is 4.90 Å². The lowest BCUT2D eigenvalue weighted by Gasteiger charge is -2.30. The van der Waals surface area contributed by atoms with Crippen molar-refractivity contribution in [3.8, 4) is 6.07 Å². The van der Waals surface area contributed by atoms with Crippen molar-refractivity contribution in [3.05, 3.63) is 76.8 Å². The number of ether oxygens (including phenoxy) is 1. The van der Waals surface area contributed by atoms with Crippen molar-refractivity contribution >= 4 is 45.8 Å². The topological polar surface area (TPSA) is 99.5 Å². The van der Waals surface area contributed by atoms with Crippen LogP contribution in [0, 0.1) is 23.2 Å². The summed E-state index contributed by atoms with van der Waals surface area (Å²) in [5, 5.41) is 14.4. The van der Waals surface area contributed by atoms with Crippen molar-refractivity contribution in [2.45, 2.75) is 43.9 Å². The summed E-state index contributed by atoms with van der Waals surface area (Å²) in [6.07, 6.45) is 1.12. The second-order valence-electron chi connectivity index (χ2n) is 10.3. The third-order valence-corrected chi connectivity index (χ3v) is 8.39. The molecule has 3 heterocycles. The van der Waals surface area contributed by atoms with Gasteiger partial charge >= 0.3 is 0 Å². The fourth-order valence-corrected chi connectivity index (χ4v) is 6.59. The van der Waals surface area contributed by atoms with E-state index in [1.54, 1.807) is 24.3 Å². The van der Waals surface area contributed by atoms with Crippen LogP contribution in [0.5, 0.6) is 0 Å². The fourth-order valence-electron chi connectivity index (χ4n) is 6.46. The Bertz CT molecular complexity index is 1510. The van der Waals surface area contributed by atoms with Crippen LogP contribution >= 0.6 is 11.6 Å². The maximum Gasteiger partial charge on any atom is 0.240 e. The minimum atomic E-state index is -1.03. The number of carbonyl (C=O) groups is 3. The molecule has 8 heteroatoms. The molecule has 0 aromatic heterocycles. The molecular weight excluding hydrogens is 490 g/mol. The van der Waals surface area contributed by atoms with Crippen LogP contribution in [0.4, 0.5) is 5.69 Å². The van der Waals surface area contributed by atoms with Gasteiger partial charge in [-0.25, -0.2) is 4.90 Å². The zero-order valence-corrected chi connectivity index (χ0v) is 20.9. The van der Waals surface area contributed by atoms with Crippen LogP contribution in [0.15, 0.2) is 60.7 Å². The molecule has 2 bridgehead atoms. The van der Waals surface area contributed by atoms with E-state index in [2.05, 4.69) is 11.4 Å². The summed E-state index contributed by atoms with van der Waals surface area (Å²) >= 11 is 5.94. The van der Waals surface area contributed by atoms with Gasteiger partial charge in [-0.05, 0) is 49.6 Å². The van der Waals surface area contributed by atoms with Crippen molar-refractivity contribution in [1.29, 1.82) is 5.26 Å². The minimum absolute atomic E-state index is 0.00166. The number of imide groups is 1. The Hall–Kier alpha value is -3.73. The largest absolute Gasteiger partial charge is 0.367 e. The molecule has 6 rings (SSSR count). The Kier molecular flexibility index (Phi) is 5.37. The van der Waals surface area contributed by atoms with Crippen LogP contribution in [0.25, 0.3) is 10.8 Å². The Morgan fingerprint density at radius 2 is 1.76 bits per heavy atom. The van der Waals surface area contributed by atoms with E-state index in [0.29, 0.717) is 46.4 Å². The highest BCUT2D eigenvalue weighted by atomic mass is 35.5. The monoisotopic (exact) mass is 513 g/mol. The van der Waals surface area contributed by atoms with Gasteiger partial charge in [0.15, 0.2) is 0 Å². The van der Waals surface area contributed by atoms with Crippen molar-refractivity contribution in [2.24, 2.45) is 11.8 Å². The number of nitrogens with zero attached hydrogens (tertiary/aromatic N) is 2. The first-order chi connectivity index (χ1) is 17.8. The summed E-state index contributed by atoms with van der Waals surface area (Å²) in [5.41, 5.74) is -0.00631. The lowest BCUT2D eigenvalue weighted by Crippen LogP contribution is -2.45. The number of fused-ring (bicyclic) bond motifs is 6. The summed E-state index contributed by atoms with van der Waals surface area (Å²) < 4.78 is 6.41. The van der Waals surface area contributed by atoms with E-state index < -0.39 is 23.0 Å². The van der Waals surface area contributed by atoms with E-state index in [0.717, 1.165) is 5.56 Å². The second kappa shape index (κ2) is 8.41. The number of amides is 3. The summed E-state index contributed by atoms with van der Waals surface area (Å²) in [4.78, 5) is 42.0. The Labute approximate surface area is 219 Å². The lowest BCUT2D eigenvalue weighted by atomic mass is 9.67. The molecule has 0 spiro atoms. The molecule has 2 unspecified atom stereocenters. The standard InChI is InChI=1S/C29H24ClN3O4/c1-28-12-13-29(37-28,14-23(34)32-16-17-6-9-19(30)10-7-17)25-24(28)26(35)33(27(25)36)22-11-8-18(15-31)20-4-2-3-5-21(20)22/h2-11,24-25H,12-14,16H2,1H3,(H,32,34)/t24-,25?,28-,29?/m1/s1. The van der Waals surface area contributed by atoms with Gasteiger partial charge in [0.05, 0.1) is 46.8 Å². The number of hydrogen-bond donors (Lipinski definition) is 1. The van der Waals surface area contributed by atoms with Crippen LogP contribution in [0.2, 0.25) is 5.02 Å². The maximum atomic E-state index is 13.9. The van der Waals surface area contributed by atoms with Gasteiger partial charge in [-0.3, -0.25) is 14.4 Å². The molecule has 7 nitrogen and oxygen atoms in total. The lowest BCUT2D eigenvalue weighted by molar-refractivity contribution is -0.135. The molecule has 37 heavy (non-hydrogen) atoms. The van der Waals surface area contributed by atoms with Gasteiger partial charge in [-0.1, -0.05) is 48.0 Å². The third kappa shape index (κ3) is 3.55. The van der Waals surface area contributed by atoms with Gasteiger partial charge in [0.2, 0.25) is 17.7 Å². The van der Waals surface area contributed by atoms with Gasteiger partial charge in [-0.15, -0.1) is 0 Å². The number of anilines is 1. The quantitative estimate of drug-likeness (QED) is 0.506. The van der Waals surface area contributed by atoms with Crippen molar-refractivity contribution < 1.29 is 19.1 Å². The van der Waals surface area contributed by atoms with E-state index in [-0.39, 0.29) is 24.1 Å². The number of rotatable bonds is 5. The molecule has 0 aliphatic carbocycles. The van der Waals surface area contributed by atoms with Crippen molar-refractivity contribution in [3.63, 3.8) is 0 Å². The zero-order chi connectivity index (χ0) is 25.9. The Morgan fingerprint density at radius 3 is 2.49 bits per heavy atom. The molecule has 0 radical (unpaired) electrons. The van der Waals surface area contributed by atoms with Crippen LogP contribution in [-0.4, -0.2) is 28.9 Å². The summed E-state index contributed by atoms with van der Waals surface area (Å²) in [6.45, 7) is 2.20. The first-order valence-corrected chi connectivity index (χ1v) is 12.7. The summed E-state index contributed by atoms with van der Waals surface area (Å²) in [7, 11) is 0. The average molecular weight is 514 g/mol. The number of nitriles is 1. The average Bonchev–Trinajstić information content (AvgIpc) is 3.47. The van der Waals surface area contributed by atoms with E-state index >= 15 is 0 Å². The molecule has 186 valence electrons. The molecule has 3 aliphatic heterocycles. The third-order valence-electron chi connectivity index (χ3n) is 8.14. The molecule has 3 amide bonds. The number of halogens is 1. The normalized spacial score (nSPS) is 28.0. The summed E-state index contributed by atoms with van der Waals surface area (Å²) in [5.74, 6) is -2.29. The molecule has 3 aliphatic rings. The zero-order valence-electron chi connectivity index (χ0n) is 20.2. The Morgan fingerprint density at radius 1 is 1.05 bits per heavy atom. The van der Waals surface area contributed by atoms with Crippen LogP contribution < -0.4 is 10.2 Å². The van der Waals surface area contributed by atoms with Crippen LogP contribution in [-0.2, 0) is 25.7 Å². The molecular formula is C29H24ClN3O4. The molecule has 4 atom stereocenters. The Balaban J connectivity index is 1.31. The number of carbonyl (C=O) groups excluding carboxylic acids is 3. The van der Waals surface area contributed by atoms with Crippen LogP contribution in [0.1, 0.15) is 37.3 Å². The van der Waals surface area contributed by atoms with Gasteiger partial charge < -0.3 is 10.1 Å². The van der Waals surface area contributed by atoms with Crippen LogP contribution in [0.3, 0.4) is 0 Å².